The first-order chi connectivity index (χ1) is 17.0. The molecule has 35 heavy (non-hydrogen) atoms. The number of urea groups is 1. The molecule has 1 aliphatic rings. The molecule has 3 heterocycles. The van der Waals surface area contributed by atoms with Crippen LogP contribution in [-0.4, -0.2) is 63.1 Å². The molecule has 0 unspecified atom stereocenters. The molecule has 0 bridgehead atoms. The molecule has 0 spiro atoms. The Hall–Kier alpha value is -4.12. The predicted octanol–water partition coefficient (Wildman–Crippen LogP) is 3.10. The molecular weight excluding hydrogens is 471 g/mol. The molecule has 11 heteroatoms. The van der Waals surface area contributed by atoms with Crippen LogP contribution in [0.1, 0.15) is 21.6 Å². The van der Waals surface area contributed by atoms with Crippen LogP contribution in [0.2, 0.25) is 0 Å². The fraction of sp³-hybridized carbons (Fsp3) is 0.208. The van der Waals surface area contributed by atoms with Gasteiger partial charge < -0.3 is 9.80 Å². The summed E-state index contributed by atoms with van der Waals surface area (Å²) < 4.78 is 14.6. The molecular formula is C24H21FN6O3S. The van der Waals surface area contributed by atoms with Gasteiger partial charge in [-0.15, -0.1) is 11.3 Å². The Morgan fingerprint density at radius 3 is 2.54 bits per heavy atom. The second-order valence-electron chi connectivity index (χ2n) is 8.11. The van der Waals surface area contributed by atoms with Gasteiger partial charge in [-0.05, 0) is 23.8 Å². The molecule has 0 radical (unpaired) electrons. The Labute approximate surface area is 203 Å². The summed E-state index contributed by atoms with van der Waals surface area (Å²) in [6.07, 6.45) is 1.90. The third kappa shape index (κ3) is 4.76. The molecule has 178 valence electrons. The summed E-state index contributed by atoms with van der Waals surface area (Å²) in [5.74, 6) is -1.03. The number of nitrogens with one attached hydrogen (secondary N) is 2. The van der Waals surface area contributed by atoms with E-state index >= 15 is 0 Å². The lowest BCUT2D eigenvalue weighted by atomic mass is 10.0. The standard InChI is InChI=1S/C24H21FN6O3S/c25-19-6-5-15(12-20-16-3-1-2-4-17(16)22(32)29-28-20)11-18(19)23(33)30-7-9-31(10-8-30)24(34)27-21-13-26-14-35-21/h1-6,11,13-14H,7-10,12H2,(H,27,34)(H,29,32). The highest BCUT2D eigenvalue weighted by molar-refractivity contribution is 7.13. The summed E-state index contributed by atoms with van der Waals surface area (Å²) in [4.78, 5) is 44.6. The average molecular weight is 493 g/mol. The number of anilines is 1. The summed E-state index contributed by atoms with van der Waals surface area (Å²) in [6.45, 7) is 1.27. The molecule has 1 fully saturated rings. The van der Waals surface area contributed by atoms with Crippen LogP contribution in [0.3, 0.4) is 0 Å². The van der Waals surface area contributed by atoms with Crippen LogP contribution in [0.5, 0.6) is 0 Å². The van der Waals surface area contributed by atoms with Gasteiger partial charge in [0.25, 0.3) is 11.5 Å². The van der Waals surface area contributed by atoms with E-state index in [-0.39, 0.29) is 17.2 Å². The smallest absolute Gasteiger partial charge is 0.322 e. The molecule has 2 N–H and O–H groups in total. The summed E-state index contributed by atoms with van der Waals surface area (Å²) >= 11 is 1.32. The summed E-state index contributed by atoms with van der Waals surface area (Å²) in [6, 6.07) is 11.3. The van der Waals surface area contributed by atoms with Gasteiger partial charge in [-0.25, -0.2) is 14.3 Å². The molecule has 3 amide bonds. The van der Waals surface area contributed by atoms with E-state index in [0.29, 0.717) is 59.6 Å². The van der Waals surface area contributed by atoms with E-state index in [1.807, 2.05) is 12.1 Å². The number of hydrogen-bond donors (Lipinski definition) is 2. The topological polar surface area (TPSA) is 111 Å². The maximum absolute atomic E-state index is 14.6. The highest BCUT2D eigenvalue weighted by atomic mass is 32.1. The van der Waals surface area contributed by atoms with Crippen LogP contribution < -0.4 is 10.9 Å². The fourth-order valence-corrected chi connectivity index (χ4v) is 4.59. The fourth-order valence-electron chi connectivity index (χ4n) is 4.09. The summed E-state index contributed by atoms with van der Waals surface area (Å²) in [7, 11) is 0. The summed E-state index contributed by atoms with van der Waals surface area (Å²) in [5.41, 5.74) is 2.65. The lowest BCUT2D eigenvalue weighted by Gasteiger charge is -2.34. The first-order valence-electron chi connectivity index (χ1n) is 11.0. The van der Waals surface area contributed by atoms with Crippen molar-refractivity contribution in [3.05, 3.63) is 87.2 Å². The molecule has 1 aliphatic heterocycles. The van der Waals surface area contributed by atoms with Crippen LogP contribution in [0.25, 0.3) is 10.8 Å². The van der Waals surface area contributed by atoms with Gasteiger partial charge in [0.2, 0.25) is 0 Å². The normalized spacial score (nSPS) is 13.7. The molecule has 5 rings (SSSR count). The largest absolute Gasteiger partial charge is 0.335 e. The van der Waals surface area contributed by atoms with E-state index in [2.05, 4.69) is 20.5 Å². The van der Waals surface area contributed by atoms with E-state index in [1.165, 1.54) is 23.5 Å². The number of aromatic amines is 1. The predicted molar refractivity (Wildman–Crippen MR) is 130 cm³/mol. The quantitative estimate of drug-likeness (QED) is 0.455. The zero-order valence-electron chi connectivity index (χ0n) is 18.5. The Balaban J connectivity index is 1.29. The van der Waals surface area contributed by atoms with Gasteiger partial charge >= 0.3 is 6.03 Å². The van der Waals surface area contributed by atoms with E-state index in [1.54, 1.807) is 39.7 Å². The Kier molecular flexibility index (Phi) is 6.23. The van der Waals surface area contributed by atoms with Crippen molar-refractivity contribution in [3.63, 3.8) is 0 Å². The highest BCUT2D eigenvalue weighted by Gasteiger charge is 2.27. The molecule has 1 saturated heterocycles. The number of carbonyl (C=O) groups excluding carboxylic acids is 2. The van der Waals surface area contributed by atoms with Crippen LogP contribution in [0.4, 0.5) is 14.2 Å². The van der Waals surface area contributed by atoms with Gasteiger partial charge in [-0.3, -0.25) is 19.9 Å². The lowest BCUT2D eigenvalue weighted by molar-refractivity contribution is 0.0667. The molecule has 9 nitrogen and oxygen atoms in total. The Morgan fingerprint density at radius 1 is 1.06 bits per heavy atom. The lowest BCUT2D eigenvalue weighted by Crippen LogP contribution is -2.51. The number of aromatic nitrogens is 3. The molecule has 4 aromatic rings. The van der Waals surface area contributed by atoms with E-state index in [0.717, 1.165) is 0 Å². The average Bonchev–Trinajstić information content (AvgIpc) is 3.40. The maximum atomic E-state index is 14.6. The minimum atomic E-state index is -0.608. The van der Waals surface area contributed by atoms with Crippen molar-refractivity contribution in [2.75, 3.05) is 31.5 Å². The van der Waals surface area contributed by atoms with Gasteiger partial charge in [0, 0.05) is 38.0 Å². The highest BCUT2D eigenvalue weighted by Crippen LogP contribution is 2.20. The number of rotatable bonds is 4. The summed E-state index contributed by atoms with van der Waals surface area (Å²) in [5, 5.41) is 11.3. The van der Waals surface area contributed by atoms with Crippen LogP contribution >= 0.6 is 11.3 Å². The third-order valence-electron chi connectivity index (χ3n) is 5.92. The Bertz CT molecular complexity index is 1450. The number of piperazine rings is 1. The monoisotopic (exact) mass is 492 g/mol. The first-order valence-corrected chi connectivity index (χ1v) is 11.9. The van der Waals surface area contributed by atoms with Gasteiger partial charge in [-0.1, -0.05) is 24.3 Å². The number of fused-ring (bicyclic) bond motifs is 1. The van der Waals surface area contributed by atoms with Crippen LogP contribution in [-0.2, 0) is 6.42 Å². The number of hydrogen-bond acceptors (Lipinski definition) is 6. The minimum Gasteiger partial charge on any atom is -0.335 e. The number of benzene rings is 2. The molecule has 0 atom stereocenters. The van der Waals surface area contributed by atoms with Gasteiger partial charge in [0.15, 0.2) is 0 Å². The molecule has 2 aromatic carbocycles. The number of carbonyl (C=O) groups is 2. The molecule has 0 aliphatic carbocycles. The molecule has 2 aromatic heterocycles. The zero-order valence-corrected chi connectivity index (χ0v) is 19.3. The van der Waals surface area contributed by atoms with Crippen molar-refractivity contribution in [1.29, 1.82) is 0 Å². The molecule has 0 saturated carbocycles. The van der Waals surface area contributed by atoms with E-state index in [4.69, 9.17) is 0 Å². The SMILES string of the molecule is O=C(Nc1cncs1)N1CCN(C(=O)c2cc(Cc3n[nH]c(=O)c4ccccc34)ccc2F)CC1. The van der Waals surface area contributed by atoms with Crippen molar-refractivity contribution < 1.29 is 14.0 Å². The number of amides is 3. The van der Waals surface area contributed by atoms with Crippen molar-refractivity contribution in [1.82, 2.24) is 25.0 Å². The Morgan fingerprint density at radius 2 is 1.80 bits per heavy atom. The van der Waals surface area contributed by atoms with Crippen molar-refractivity contribution in [2.24, 2.45) is 0 Å². The number of nitrogens with zero attached hydrogens (tertiary/aromatic N) is 4. The van der Waals surface area contributed by atoms with Gasteiger partial charge in [0.1, 0.15) is 10.8 Å². The van der Waals surface area contributed by atoms with E-state index in [9.17, 15) is 18.8 Å². The first kappa shape index (κ1) is 22.7. The zero-order chi connectivity index (χ0) is 24.4. The van der Waals surface area contributed by atoms with Gasteiger partial charge in [-0.2, -0.15) is 5.10 Å². The van der Waals surface area contributed by atoms with Gasteiger partial charge in [0.05, 0.1) is 28.4 Å². The third-order valence-corrected chi connectivity index (χ3v) is 6.61. The van der Waals surface area contributed by atoms with E-state index < -0.39 is 11.7 Å². The minimum absolute atomic E-state index is 0.0289. The van der Waals surface area contributed by atoms with Crippen LogP contribution in [0, 0.1) is 5.82 Å². The number of halogens is 1. The second-order valence-corrected chi connectivity index (χ2v) is 9.00. The van der Waals surface area contributed by atoms with Crippen molar-refractivity contribution >= 4 is 39.0 Å². The maximum Gasteiger partial charge on any atom is 0.322 e. The van der Waals surface area contributed by atoms with Crippen molar-refractivity contribution in [3.8, 4) is 0 Å². The van der Waals surface area contributed by atoms with Crippen molar-refractivity contribution in [2.45, 2.75) is 6.42 Å². The number of thiazole rings is 1. The second kappa shape index (κ2) is 9.63. The number of H-pyrrole nitrogens is 1. The van der Waals surface area contributed by atoms with Crippen LogP contribution in [0.15, 0.2) is 59.0 Å².